The second-order valence-corrected chi connectivity index (χ2v) is 6.34. The second kappa shape index (κ2) is 7.70. The Morgan fingerprint density at radius 1 is 1.50 bits per heavy atom. The normalized spacial score (nSPS) is 19.9. The highest BCUT2D eigenvalue weighted by Crippen LogP contribution is 2.15. The molecule has 1 fully saturated rings. The topological polar surface area (TPSA) is 81.7 Å². The molecule has 0 aromatic rings. The van der Waals surface area contributed by atoms with Gasteiger partial charge in [-0.3, -0.25) is 4.79 Å². The number of sulfonamides is 1. The van der Waals surface area contributed by atoms with Gasteiger partial charge in [-0.15, -0.1) is 0 Å². The van der Waals surface area contributed by atoms with Crippen LogP contribution in [0.15, 0.2) is 0 Å². The smallest absolute Gasteiger partial charge is 0.305 e. The number of hydrogen-bond acceptors (Lipinski definition) is 5. The molecule has 0 aromatic heterocycles. The Hall–Kier alpha value is -0.660. The molecule has 7 heteroatoms. The summed E-state index contributed by atoms with van der Waals surface area (Å²) in [6, 6.07) is 0. The lowest BCUT2D eigenvalue weighted by atomic mass is 10.1. The van der Waals surface area contributed by atoms with E-state index in [1.807, 2.05) is 0 Å². The Bertz CT molecular complexity index is 348. The van der Waals surface area contributed by atoms with Gasteiger partial charge in [-0.25, -0.2) is 13.1 Å². The third-order valence-electron chi connectivity index (χ3n) is 2.92. The van der Waals surface area contributed by atoms with Crippen LogP contribution in [0, 0.1) is 5.92 Å². The molecule has 18 heavy (non-hydrogen) atoms. The number of methoxy groups -OCH3 is 1. The monoisotopic (exact) mass is 279 g/mol. The van der Waals surface area contributed by atoms with Gasteiger partial charge in [0.05, 0.1) is 12.9 Å². The maximum atomic E-state index is 11.6. The van der Waals surface area contributed by atoms with Crippen LogP contribution in [-0.4, -0.2) is 47.0 Å². The number of rotatable bonds is 8. The molecule has 0 spiro atoms. The summed E-state index contributed by atoms with van der Waals surface area (Å²) in [5, 5.41) is 0. The predicted molar refractivity (Wildman–Crippen MR) is 66.6 cm³/mol. The zero-order valence-corrected chi connectivity index (χ0v) is 11.5. The molecule has 0 bridgehead atoms. The van der Waals surface area contributed by atoms with Crippen LogP contribution >= 0.6 is 0 Å². The van der Waals surface area contributed by atoms with Gasteiger partial charge in [0, 0.05) is 26.2 Å². The van der Waals surface area contributed by atoms with Gasteiger partial charge < -0.3 is 9.47 Å². The molecule has 1 heterocycles. The van der Waals surface area contributed by atoms with Crippen molar-refractivity contribution in [3.05, 3.63) is 0 Å². The molecule has 0 aliphatic carbocycles. The molecule has 0 amide bonds. The van der Waals surface area contributed by atoms with Gasteiger partial charge in [-0.1, -0.05) is 0 Å². The van der Waals surface area contributed by atoms with Crippen molar-refractivity contribution in [2.45, 2.75) is 25.7 Å². The largest absolute Gasteiger partial charge is 0.469 e. The summed E-state index contributed by atoms with van der Waals surface area (Å²) in [7, 11) is -1.99. The molecule has 106 valence electrons. The van der Waals surface area contributed by atoms with E-state index in [1.165, 1.54) is 7.11 Å². The zero-order chi connectivity index (χ0) is 13.4. The average Bonchev–Trinajstić information content (AvgIpc) is 2.81. The highest BCUT2D eigenvalue weighted by atomic mass is 32.2. The Morgan fingerprint density at radius 3 is 2.89 bits per heavy atom. The molecular weight excluding hydrogens is 258 g/mol. The maximum Gasteiger partial charge on any atom is 0.305 e. The summed E-state index contributed by atoms with van der Waals surface area (Å²) in [5.41, 5.74) is 0. The number of carbonyl (C=O) groups excluding carboxylic acids is 1. The molecule has 1 rings (SSSR count). The fourth-order valence-corrected chi connectivity index (χ4v) is 2.91. The molecular formula is C11H21NO5S. The van der Waals surface area contributed by atoms with E-state index in [-0.39, 0.29) is 24.6 Å². The minimum Gasteiger partial charge on any atom is -0.469 e. The average molecular weight is 279 g/mol. The van der Waals surface area contributed by atoms with Crippen molar-refractivity contribution in [3.8, 4) is 0 Å². The van der Waals surface area contributed by atoms with Crippen LogP contribution in [0.2, 0.25) is 0 Å². The van der Waals surface area contributed by atoms with Crippen molar-refractivity contribution < 1.29 is 22.7 Å². The lowest BCUT2D eigenvalue weighted by Gasteiger charge is -2.09. The third kappa shape index (κ3) is 6.32. The minimum atomic E-state index is -3.28. The highest BCUT2D eigenvalue weighted by molar-refractivity contribution is 7.89. The summed E-state index contributed by atoms with van der Waals surface area (Å²) in [6.45, 7) is 1.94. The number of hydrogen-bond donors (Lipinski definition) is 1. The number of nitrogens with one attached hydrogen (secondary N) is 1. The van der Waals surface area contributed by atoms with Gasteiger partial charge in [0.2, 0.25) is 10.0 Å². The fraction of sp³-hybridized carbons (Fsp3) is 0.909. The van der Waals surface area contributed by atoms with E-state index >= 15 is 0 Å². The van der Waals surface area contributed by atoms with E-state index in [4.69, 9.17) is 4.74 Å². The Morgan fingerprint density at radius 2 is 2.28 bits per heavy atom. The molecule has 1 atom stereocenters. The molecule has 1 saturated heterocycles. The summed E-state index contributed by atoms with van der Waals surface area (Å²) in [6.07, 6.45) is 2.22. The highest BCUT2D eigenvalue weighted by Gasteiger charge is 2.17. The van der Waals surface area contributed by atoms with E-state index in [9.17, 15) is 13.2 Å². The van der Waals surface area contributed by atoms with Crippen molar-refractivity contribution >= 4 is 16.0 Å². The van der Waals surface area contributed by atoms with E-state index in [2.05, 4.69) is 9.46 Å². The van der Waals surface area contributed by atoms with Crippen LogP contribution in [0.1, 0.15) is 25.7 Å². The third-order valence-corrected chi connectivity index (χ3v) is 4.39. The van der Waals surface area contributed by atoms with Gasteiger partial charge in [0.25, 0.3) is 0 Å². The summed E-state index contributed by atoms with van der Waals surface area (Å²) in [4.78, 5) is 10.8. The predicted octanol–water partition coefficient (Wildman–Crippen LogP) is 0.286. The lowest BCUT2D eigenvalue weighted by Crippen LogP contribution is -2.28. The first-order valence-electron chi connectivity index (χ1n) is 6.15. The van der Waals surface area contributed by atoms with Gasteiger partial charge >= 0.3 is 5.97 Å². The van der Waals surface area contributed by atoms with Crippen LogP contribution in [0.3, 0.4) is 0 Å². The first-order valence-corrected chi connectivity index (χ1v) is 7.80. The Balaban J connectivity index is 2.12. The van der Waals surface area contributed by atoms with Gasteiger partial charge in [-0.05, 0) is 25.2 Å². The fourth-order valence-electron chi connectivity index (χ4n) is 1.81. The molecule has 0 radical (unpaired) electrons. The van der Waals surface area contributed by atoms with Crippen LogP contribution in [0.4, 0.5) is 0 Å². The Kier molecular flexibility index (Phi) is 6.59. The van der Waals surface area contributed by atoms with E-state index in [0.29, 0.717) is 12.5 Å². The van der Waals surface area contributed by atoms with Crippen molar-refractivity contribution in [2.24, 2.45) is 5.92 Å². The first-order chi connectivity index (χ1) is 8.53. The van der Waals surface area contributed by atoms with E-state index < -0.39 is 10.0 Å². The van der Waals surface area contributed by atoms with Crippen LogP contribution < -0.4 is 4.72 Å². The molecule has 1 aliphatic rings. The minimum absolute atomic E-state index is 0.0384. The number of carbonyl (C=O) groups is 1. The molecule has 1 unspecified atom stereocenters. The summed E-state index contributed by atoms with van der Waals surface area (Å²) < 4.78 is 35.4. The maximum absolute atomic E-state index is 11.6. The quantitative estimate of drug-likeness (QED) is 0.646. The molecule has 1 N–H and O–H groups in total. The van der Waals surface area contributed by atoms with Crippen LogP contribution in [0.25, 0.3) is 0 Å². The molecule has 1 aliphatic heterocycles. The summed E-state index contributed by atoms with van der Waals surface area (Å²) >= 11 is 0. The SMILES string of the molecule is COC(=O)CCCS(=O)(=O)NCCC1CCOC1. The van der Waals surface area contributed by atoms with Crippen LogP contribution in [-0.2, 0) is 24.3 Å². The number of esters is 1. The molecule has 0 saturated carbocycles. The second-order valence-electron chi connectivity index (χ2n) is 4.41. The van der Waals surface area contributed by atoms with Gasteiger partial charge in [0.15, 0.2) is 0 Å². The van der Waals surface area contributed by atoms with Gasteiger partial charge in [0.1, 0.15) is 0 Å². The first kappa shape index (κ1) is 15.4. The van der Waals surface area contributed by atoms with E-state index in [0.717, 1.165) is 26.1 Å². The van der Waals surface area contributed by atoms with Crippen molar-refractivity contribution in [3.63, 3.8) is 0 Å². The van der Waals surface area contributed by atoms with Crippen LogP contribution in [0.5, 0.6) is 0 Å². The van der Waals surface area contributed by atoms with E-state index in [1.54, 1.807) is 0 Å². The Labute approximate surface area is 108 Å². The molecule has 0 aromatic carbocycles. The van der Waals surface area contributed by atoms with Gasteiger partial charge in [-0.2, -0.15) is 0 Å². The zero-order valence-electron chi connectivity index (χ0n) is 10.7. The summed E-state index contributed by atoms with van der Waals surface area (Å²) in [5.74, 6) is 0.0413. The lowest BCUT2D eigenvalue weighted by molar-refractivity contribution is -0.140. The van der Waals surface area contributed by atoms with Crippen molar-refractivity contribution in [2.75, 3.05) is 32.6 Å². The standard InChI is InChI=1S/C11H21NO5S/c1-16-11(13)3-2-8-18(14,15)12-6-4-10-5-7-17-9-10/h10,12H,2-9H2,1H3. The van der Waals surface area contributed by atoms with Crippen molar-refractivity contribution in [1.82, 2.24) is 4.72 Å². The van der Waals surface area contributed by atoms with Crippen molar-refractivity contribution in [1.29, 1.82) is 0 Å². The number of ether oxygens (including phenoxy) is 2. The molecule has 6 nitrogen and oxygen atoms in total.